The van der Waals surface area contributed by atoms with Crippen LogP contribution in [0.25, 0.3) is 11.1 Å². The van der Waals surface area contributed by atoms with Crippen molar-refractivity contribution in [1.29, 1.82) is 0 Å². The van der Waals surface area contributed by atoms with E-state index in [0.717, 1.165) is 16.8 Å². The summed E-state index contributed by atoms with van der Waals surface area (Å²) >= 11 is 1.22. The van der Waals surface area contributed by atoms with Gasteiger partial charge < -0.3 is 9.15 Å². The Kier molecular flexibility index (Phi) is 5.69. The smallest absolute Gasteiger partial charge is 0.257 e. The van der Waals surface area contributed by atoms with Gasteiger partial charge in [0.2, 0.25) is 0 Å². The molecule has 6 nitrogen and oxygen atoms in total. The predicted octanol–water partition coefficient (Wildman–Crippen LogP) is 3.47. The van der Waals surface area contributed by atoms with Crippen molar-refractivity contribution < 1.29 is 13.9 Å². The van der Waals surface area contributed by atoms with E-state index in [0.29, 0.717) is 17.4 Å². The van der Waals surface area contributed by atoms with Gasteiger partial charge in [0, 0.05) is 5.56 Å². The van der Waals surface area contributed by atoms with Crippen molar-refractivity contribution in [1.82, 2.24) is 10.4 Å². The van der Waals surface area contributed by atoms with Gasteiger partial charge in [0.15, 0.2) is 5.58 Å². The molecule has 1 aromatic heterocycles. The monoisotopic (exact) mass is 355 g/mol. The number of oxazole rings is 1. The lowest BCUT2D eigenvalue weighted by molar-refractivity contribution is -0.118. The first-order valence-corrected chi connectivity index (χ1v) is 8.77. The number of carbonyl (C=O) groups is 1. The van der Waals surface area contributed by atoms with Crippen molar-refractivity contribution in [2.45, 2.75) is 12.1 Å². The topological polar surface area (TPSA) is 76.7 Å². The van der Waals surface area contributed by atoms with Gasteiger partial charge in [-0.2, -0.15) is 5.10 Å². The van der Waals surface area contributed by atoms with Gasteiger partial charge in [-0.25, -0.2) is 10.4 Å². The first-order chi connectivity index (χ1) is 12.3. The van der Waals surface area contributed by atoms with Crippen LogP contribution in [0.15, 0.2) is 63.3 Å². The Morgan fingerprint density at radius 3 is 2.92 bits per heavy atom. The van der Waals surface area contributed by atoms with Crippen LogP contribution in [-0.4, -0.2) is 29.5 Å². The molecule has 1 amide bonds. The van der Waals surface area contributed by atoms with Gasteiger partial charge in [-0.3, -0.25) is 4.79 Å². The third-order valence-electron chi connectivity index (χ3n) is 3.21. The minimum atomic E-state index is -0.239. The van der Waals surface area contributed by atoms with Crippen molar-refractivity contribution in [2.24, 2.45) is 5.10 Å². The summed E-state index contributed by atoms with van der Waals surface area (Å²) in [5, 5.41) is 4.43. The molecule has 0 saturated heterocycles. The fourth-order valence-corrected chi connectivity index (χ4v) is 2.75. The zero-order valence-electron chi connectivity index (χ0n) is 13.6. The second kappa shape index (κ2) is 8.34. The number of hydrogen-bond acceptors (Lipinski definition) is 6. The van der Waals surface area contributed by atoms with Crippen LogP contribution in [0.3, 0.4) is 0 Å². The number of hydrogen-bond donors (Lipinski definition) is 1. The summed E-state index contributed by atoms with van der Waals surface area (Å²) in [7, 11) is 0. The Hall–Kier alpha value is -2.80. The summed E-state index contributed by atoms with van der Waals surface area (Å²) in [5.74, 6) is 0.651. The second-order valence-corrected chi connectivity index (χ2v) is 5.93. The lowest BCUT2D eigenvalue weighted by Gasteiger charge is -2.05. The van der Waals surface area contributed by atoms with Crippen LogP contribution in [0.4, 0.5) is 0 Å². The maximum absolute atomic E-state index is 11.9. The zero-order valence-corrected chi connectivity index (χ0v) is 14.5. The molecule has 128 valence electrons. The molecule has 0 atom stereocenters. The quantitative estimate of drug-likeness (QED) is 0.399. The molecule has 0 aliphatic rings. The number of benzene rings is 2. The summed E-state index contributed by atoms with van der Waals surface area (Å²) < 4.78 is 11.1. The van der Waals surface area contributed by atoms with Gasteiger partial charge in [-0.05, 0) is 31.2 Å². The average Bonchev–Trinajstić information content (AvgIpc) is 3.05. The number of thioether (sulfide) groups is 1. The number of fused-ring (bicyclic) bond motifs is 1. The lowest BCUT2D eigenvalue weighted by atomic mass is 10.2. The Bertz CT molecular complexity index is 859. The minimum absolute atomic E-state index is 0.164. The number of ether oxygens (including phenoxy) is 1. The summed E-state index contributed by atoms with van der Waals surface area (Å²) in [6.45, 7) is 2.48. The molecule has 25 heavy (non-hydrogen) atoms. The molecule has 0 radical (unpaired) electrons. The molecule has 0 fully saturated rings. The van der Waals surface area contributed by atoms with Gasteiger partial charge in [0.25, 0.3) is 11.1 Å². The molecular formula is C18H17N3O3S. The van der Waals surface area contributed by atoms with Crippen LogP contribution < -0.4 is 10.2 Å². The zero-order chi connectivity index (χ0) is 17.5. The van der Waals surface area contributed by atoms with Crippen molar-refractivity contribution in [3.05, 3.63) is 54.1 Å². The van der Waals surface area contributed by atoms with E-state index in [1.807, 2.05) is 55.5 Å². The van der Waals surface area contributed by atoms with Crippen molar-refractivity contribution in [2.75, 3.05) is 12.4 Å². The Morgan fingerprint density at radius 1 is 1.28 bits per heavy atom. The highest BCUT2D eigenvalue weighted by Gasteiger charge is 2.08. The van der Waals surface area contributed by atoms with Crippen molar-refractivity contribution in [3.63, 3.8) is 0 Å². The maximum atomic E-state index is 11.9. The van der Waals surface area contributed by atoms with E-state index in [-0.39, 0.29) is 11.7 Å². The molecule has 0 bridgehead atoms. The number of aromatic nitrogens is 1. The normalized spacial score (nSPS) is 11.1. The van der Waals surface area contributed by atoms with Crippen LogP contribution >= 0.6 is 11.8 Å². The van der Waals surface area contributed by atoms with E-state index < -0.39 is 0 Å². The van der Waals surface area contributed by atoms with E-state index in [2.05, 4.69) is 15.5 Å². The molecule has 0 aliphatic carbocycles. The first-order valence-electron chi connectivity index (χ1n) is 7.78. The molecule has 3 rings (SSSR count). The first kappa shape index (κ1) is 17.0. The van der Waals surface area contributed by atoms with Gasteiger partial charge in [0.1, 0.15) is 11.3 Å². The summed E-state index contributed by atoms with van der Waals surface area (Å²) in [6.07, 6.45) is 1.56. The van der Waals surface area contributed by atoms with Crippen LogP contribution in [-0.2, 0) is 4.79 Å². The molecule has 0 saturated carbocycles. The Balaban J connectivity index is 1.52. The Morgan fingerprint density at radius 2 is 2.08 bits per heavy atom. The molecule has 0 aliphatic heterocycles. The van der Waals surface area contributed by atoms with Gasteiger partial charge in [-0.1, -0.05) is 36.0 Å². The summed E-state index contributed by atoms with van der Waals surface area (Å²) in [4.78, 5) is 16.2. The Labute approximate surface area is 149 Å². The number of amides is 1. The van der Waals surface area contributed by atoms with E-state index in [1.54, 1.807) is 6.21 Å². The molecule has 0 spiro atoms. The molecule has 0 unspecified atom stereocenters. The third-order valence-corrected chi connectivity index (χ3v) is 4.04. The summed E-state index contributed by atoms with van der Waals surface area (Å²) in [6, 6.07) is 15.0. The third kappa shape index (κ3) is 4.60. The average molecular weight is 355 g/mol. The number of nitrogens with zero attached hydrogens (tertiary/aromatic N) is 2. The molecule has 3 aromatic rings. The maximum Gasteiger partial charge on any atom is 0.257 e. The van der Waals surface area contributed by atoms with E-state index in [9.17, 15) is 4.79 Å². The molecule has 1 heterocycles. The number of nitrogens with one attached hydrogen (secondary N) is 1. The lowest BCUT2D eigenvalue weighted by Crippen LogP contribution is -2.19. The second-order valence-electron chi connectivity index (χ2n) is 5.00. The minimum Gasteiger partial charge on any atom is -0.493 e. The van der Waals surface area contributed by atoms with Crippen molar-refractivity contribution in [3.8, 4) is 5.75 Å². The highest BCUT2D eigenvalue weighted by atomic mass is 32.2. The van der Waals surface area contributed by atoms with Crippen LogP contribution in [0.1, 0.15) is 12.5 Å². The molecule has 1 N–H and O–H groups in total. The largest absolute Gasteiger partial charge is 0.493 e. The number of para-hydroxylation sites is 3. The van der Waals surface area contributed by atoms with E-state index >= 15 is 0 Å². The fourth-order valence-electron chi connectivity index (χ4n) is 2.12. The van der Waals surface area contributed by atoms with Gasteiger partial charge in [0.05, 0.1) is 18.6 Å². The van der Waals surface area contributed by atoms with Crippen LogP contribution in [0.2, 0.25) is 0 Å². The summed E-state index contributed by atoms with van der Waals surface area (Å²) in [5.41, 5.74) is 4.77. The highest BCUT2D eigenvalue weighted by molar-refractivity contribution is 7.99. The molecule has 7 heteroatoms. The van der Waals surface area contributed by atoms with Crippen LogP contribution in [0.5, 0.6) is 5.75 Å². The highest BCUT2D eigenvalue weighted by Crippen LogP contribution is 2.22. The van der Waals surface area contributed by atoms with Gasteiger partial charge >= 0.3 is 0 Å². The van der Waals surface area contributed by atoms with Crippen LogP contribution in [0, 0.1) is 0 Å². The SMILES string of the molecule is CCOc1ccccc1/C=N/NC(=O)CSc1nc2ccccc2o1. The number of hydrazone groups is 1. The molecular weight excluding hydrogens is 338 g/mol. The van der Waals surface area contributed by atoms with E-state index in [4.69, 9.17) is 9.15 Å². The predicted molar refractivity (Wildman–Crippen MR) is 98.1 cm³/mol. The van der Waals surface area contributed by atoms with E-state index in [1.165, 1.54) is 11.8 Å². The van der Waals surface area contributed by atoms with Gasteiger partial charge in [-0.15, -0.1) is 0 Å². The standard InChI is InChI=1S/C18H17N3O3S/c1-2-23-15-9-5-3-7-13(15)11-19-21-17(22)12-25-18-20-14-8-4-6-10-16(14)24-18/h3-11H,2,12H2,1H3,(H,21,22)/b19-11+. The fraction of sp³-hybridized carbons (Fsp3) is 0.167. The molecule has 2 aromatic carbocycles. The number of rotatable bonds is 7. The van der Waals surface area contributed by atoms with Crippen molar-refractivity contribution >= 4 is 35.0 Å². The number of carbonyl (C=O) groups excluding carboxylic acids is 1.